The van der Waals surface area contributed by atoms with Crippen LogP contribution < -0.4 is 10.6 Å². The van der Waals surface area contributed by atoms with E-state index in [0.29, 0.717) is 12.6 Å². The van der Waals surface area contributed by atoms with Crippen molar-refractivity contribution >= 4 is 5.96 Å². The maximum Gasteiger partial charge on any atom is 0.191 e. The third kappa shape index (κ3) is 3.84. The molecule has 0 atom stereocenters. The molecule has 5 heteroatoms. The van der Waals surface area contributed by atoms with Gasteiger partial charge in [0.15, 0.2) is 17.5 Å². The maximum absolute atomic E-state index is 13.2. The first-order valence-corrected chi connectivity index (χ1v) is 6.63. The molecule has 2 rings (SSSR count). The van der Waals surface area contributed by atoms with Gasteiger partial charge in [-0.05, 0) is 30.5 Å². The van der Waals surface area contributed by atoms with Crippen LogP contribution in [0, 0.1) is 5.82 Å². The van der Waals surface area contributed by atoms with Gasteiger partial charge in [-0.15, -0.1) is 0 Å². The monoisotopic (exact) mass is 265 g/mol. The summed E-state index contributed by atoms with van der Waals surface area (Å²) in [7, 11) is 1.72. The van der Waals surface area contributed by atoms with E-state index < -0.39 is 5.82 Å². The Balaban J connectivity index is 1.86. The summed E-state index contributed by atoms with van der Waals surface area (Å²) in [6.07, 6.45) is 4.87. The van der Waals surface area contributed by atoms with Crippen LogP contribution in [0.2, 0.25) is 0 Å². The number of nitrogens with zero attached hydrogens (tertiary/aromatic N) is 1. The molecule has 0 saturated heterocycles. The first-order valence-electron chi connectivity index (χ1n) is 6.63. The molecule has 4 nitrogen and oxygen atoms in total. The first-order chi connectivity index (χ1) is 9.19. The van der Waals surface area contributed by atoms with Gasteiger partial charge in [0, 0.05) is 19.6 Å². The molecular weight excluding hydrogens is 245 g/mol. The summed E-state index contributed by atoms with van der Waals surface area (Å²) in [5, 5.41) is 15.6. The largest absolute Gasteiger partial charge is 0.505 e. The molecule has 0 aliphatic heterocycles. The molecule has 1 aliphatic rings. The summed E-state index contributed by atoms with van der Waals surface area (Å²) in [5.74, 6) is -0.185. The molecule has 1 aliphatic carbocycles. The molecule has 0 heterocycles. The summed E-state index contributed by atoms with van der Waals surface area (Å²) in [6.45, 7) is 0.476. The molecular formula is C14H20FN3O. The normalized spacial score (nSPS) is 16.6. The second-order valence-corrected chi connectivity index (χ2v) is 4.84. The molecule has 1 fully saturated rings. The Morgan fingerprint density at radius 2 is 2.16 bits per heavy atom. The number of nitrogens with one attached hydrogen (secondary N) is 2. The number of rotatable bonds is 3. The van der Waals surface area contributed by atoms with Crippen LogP contribution in [-0.4, -0.2) is 24.2 Å². The quantitative estimate of drug-likeness (QED) is 0.580. The van der Waals surface area contributed by atoms with E-state index in [0.717, 1.165) is 11.5 Å². The van der Waals surface area contributed by atoms with E-state index in [9.17, 15) is 4.39 Å². The molecule has 0 aromatic heterocycles. The van der Waals surface area contributed by atoms with E-state index >= 15 is 0 Å². The Bertz CT molecular complexity index is 456. The van der Waals surface area contributed by atoms with Crippen molar-refractivity contribution in [2.75, 3.05) is 7.05 Å². The van der Waals surface area contributed by atoms with Crippen molar-refractivity contribution in [3.8, 4) is 5.75 Å². The average molecular weight is 265 g/mol. The van der Waals surface area contributed by atoms with Gasteiger partial charge in [-0.25, -0.2) is 4.39 Å². The Kier molecular flexibility index (Phi) is 4.60. The molecule has 0 bridgehead atoms. The minimum absolute atomic E-state index is 0.322. The van der Waals surface area contributed by atoms with Crippen molar-refractivity contribution < 1.29 is 9.50 Å². The fourth-order valence-corrected chi connectivity index (χ4v) is 2.30. The van der Waals surface area contributed by atoms with E-state index in [1.807, 2.05) is 0 Å². The van der Waals surface area contributed by atoms with Crippen molar-refractivity contribution in [1.29, 1.82) is 0 Å². The Morgan fingerprint density at radius 1 is 1.42 bits per heavy atom. The highest BCUT2D eigenvalue weighted by Crippen LogP contribution is 2.18. The number of aromatic hydroxyl groups is 1. The maximum atomic E-state index is 13.2. The van der Waals surface area contributed by atoms with Gasteiger partial charge in [0.1, 0.15) is 0 Å². The zero-order valence-corrected chi connectivity index (χ0v) is 11.1. The van der Waals surface area contributed by atoms with Crippen molar-refractivity contribution in [3.63, 3.8) is 0 Å². The molecule has 104 valence electrons. The lowest BCUT2D eigenvalue weighted by Crippen LogP contribution is -2.41. The highest BCUT2D eigenvalue weighted by Gasteiger charge is 2.15. The molecule has 0 radical (unpaired) electrons. The van der Waals surface area contributed by atoms with E-state index in [-0.39, 0.29) is 5.75 Å². The van der Waals surface area contributed by atoms with Crippen LogP contribution in [0.5, 0.6) is 5.75 Å². The standard InChI is InChI=1S/C14H20FN3O/c1-16-14(18-11-4-2-3-5-11)17-9-10-6-7-13(19)12(15)8-10/h6-8,11,19H,2-5,9H2,1H3,(H2,16,17,18). The van der Waals surface area contributed by atoms with Gasteiger partial charge in [-0.1, -0.05) is 18.9 Å². The molecule has 0 spiro atoms. The van der Waals surface area contributed by atoms with Gasteiger partial charge in [-0.3, -0.25) is 4.99 Å². The van der Waals surface area contributed by atoms with Crippen LogP contribution in [0.15, 0.2) is 23.2 Å². The molecule has 1 aromatic rings. The summed E-state index contributed by atoms with van der Waals surface area (Å²) in [6, 6.07) is 4.86. The average Bonchev–Trinajstić information content (AvgIpc) is 2.91. The topological polar surface area (TPSA) is 56.7 Å². The number of phenolic OH excluding ortho intramolecular Hbond substituents is 1. The van der Waals surface area contributed by atoms with Gasteiger partial charge >= 0.3 is 0 Å². The highest BCUT2D eigenvalue weighted by atomic mass is 19.1. The highest BCUT2D eigenvalue weighted by molar-refractivity contribution is 5.79. The minimum atomic E-state index is -0.599. The summed E-state index contributed by atoms with van der Waals surface area (Å²) >= 11 is 0. The lowest BCUT2D eigenvalue weighted by molar-refractivity contribution is 0.431. The lowest BCUT2D eigenvalue weighted by atomic mass is 10.2. The van der Waals surface area contributed by atoms with Crippen LogP contribution in [0.4, 0.5) is 4.39 Å². The molecule has 1 aromatic carbocycles. The minimum Gasteiger partial charge on any atom is -0.505 e. The Morgan fingerprint density at radius 3 is 2.79 bits per heavy atom. The van der Waals surface area contributed by atoms with Gasteiger partial charge in [-0.2, -0.15) is 0 Å². The third-order valence-electron chi connectivity index (χ3n) is 3.39. The summed E-state index contributed by atoms with van der Waals surface area (Å²) in [4.78, 5) is 4.16. The third-order valence-corrected chi connectivity index (χ3v) is 3.39. The number of halogens is 1. The van der Waals surface area contributed by atoms with E-state index in [1.165, 1.54) is 37.8 Å². The molecule has 3 N–H and O–H groups in total. The predicted molar refractivity (Wildman–Crippen MR) is 73.7 cm³/mol. The van der Waals surface area contributed by atoms with Gasteiger partial charge in [0.2, 0.25) is 0 Å². The zero-order valence-electron chi connectivity index (χ0n) is 11.1. The predicted octanol–water partition coefficient (Wildman–Crippen LogP) is 2.14. The van der Waals surface area contributed by atoms with Crippen LogP contribution in [-0.2, 0) is 6.54 Å². The number of phenols is 1. The molecule has 0 amide bonds. The fraction of sp³-hybridized carbons (Fsp3) is 0.500. The van der Waals surface area contributed by atoms with E-state index in [2.05, 4.69) is 15.6 Å². The second kappa shape index (κ2) is 6.41. The van der Waals surface area contributed by atoms with E-state index in [4.69, 9.17) is 5.11 Å². The van der Waals surface area contributed by atoms with Crippen molar-refractivity contribution in [3.05, 3.63) is 29.6 Å². The molecule has 0 unspecified atom stereocenters. The van der Waals surface area contributed by atoms with Crippen LogP contribution in [0.3, 0.4) is 0 Å². The smallest absolute Gasteiger partial charge is 0.191 e. The number of guanidine groups is 1. The summed E-state index contributed by atoms with van der Waals surface area (Å²) in [5.41, 5.74) is 0.768. The number of aliphatic imine (C=N–C) groups is 1. The van der Waals surface area contributed by atoms with Crippen LogP contribution in [0.1, 0.15) is 31.2 Å². The SMILES string of the molecule is CN=C(NCc1ccc(O)c(F)c1)NC1CCCC1. The fourth-order valence-electron chi connectivity index (χ4n) is 2.30. The molecule has 1 saturated carbocycles. The molecule has 19 heavy (non-hydrogen) atoms. The van der Waals surface area contributed by atoms with Gasteiger partial charge < -0.3 is 15.7 Å². The van der Waals surface area contributed by atoms with Crippen molar-refractivity contribution in [2.45, 2.75) is 38.3 Å². The van der Waals surface area contributed by atoms with Gasteiger partial charge in [0.05, 0.1) is 0 Å². The van der Waals surface area contributed by atoms with Crippen molar-refractivity contribution in [2.24, 2.45) is 4.99 Å². The van der Waals surface area contributed by atoms with Crippen LogP contribution in [0.25, 0.3) is 0 Å². The van der Waals surface area contributed by atoms with Crippen LogP contribution >= 0.6 is 0 Å². The van der Waals surface area contributed by atoms with E-state index in [1.54, 1.807) is 13.1 Å². The first kappa shape index (κ1) is 13.6. The number of hydrogen-bond acceptors (Lipinski definition) is 2. The summed E-state index contributed by atoms with van der Waals surface area (Å²) < 4.78 is 13.2. The number of benzene rings is 1. The Hall–Kier alpha value is -1.78. The lowest BCUT2D eigenvalue weighted by Gasteiger charge is -2.16. The number of hydrogen-bond donors (Lipinski definition) is 3. The second-order valence-electron chi connectivity index (χ2n) is 4.84. The van der Waals surface area contributed by atoms with Gasteiger partial charge in [0.25, 0.3) is 0 Å². The zero-order chi connectivity index (χ0) is 13.7. The Labute approximate surface area is 112 Å². The van der Waals surface area contributed by atoms with Crippen molar-refractivity contribution in [1.82, 2.24) is 10.6 Å².